The second-order valence-corrected chi connectivity index (χ2v) is 4.83. The molecule has 0 spiro atoms. The van der Waals surface area contributed by atoms with Crippen molar-refractivity contribution in [1.82, 2.24) is 25.6 Å². The molecule has 1 fully saturated rings. The molecule has 0 saturated carbocycles. The third-order valence-corrected chi connectivity index (χ3v) is 3.09. The van der Waals surface area contributed by atoms with E-state index in [1.54, 1.807) is 0 Å². The first kappa shape index (κ1) is 15.2. The molecule has 21 heavy (non-hydrogen) atoms. The maximum absolute atomic E-state index is 11.6. The van der Waals surface area contributed by atoms with Crippen molar-refractivity contribution in [2.45, 2.75) is 38.5 Å². The third kappa shape index (κ3) is 5.38. The van der Waals surface area contributed by atoms with Gasteiger partial charge in [0.2, 0.25) is 0 Å². The van der Waals surface area contributed by atoms with Crippen molar-refractivity contribution in [1.29, 1.82) is 0 Å². The second kappa shape index (κ2) is 7.58. The van der Waals surface area contributed by atoms with Crippen molar-refractivity contribution in [2.24, 2.45) is 0 Å². The Hall–Kier alpha value is -2.16. The zero-order chi connectivity index (χ0) is 15.1. The summed E-state index contributed by atoms with van der Waals surface area (Å²) in [7, 11) is 0. The van der Waals surface area contributed by atoms with Crippen LogP contribution in [0.4, 0.5) is 4.79 Å². The van der Waals surface area contributed by atoms with E-state index in [1.807, 2.05) is 0 Å². The molecule has 3 N–H and O–H groups in total. The van der Waals surface area contributed by atoms with Crippen LogP contribution < -0.4 is 10.6 Å². The van der Waals surface area contributed by atoms with Crippen LogP contribution in [0.15, 0.2) is 6.20 Å². The molecule has 116 valence electrons. The quantitative estimate of drug-likeness (QED) is 0.637. The number of nitrogens with one attached hydrogen (secondary N) is 2. The van der Waals surface area contributed by atoms with E-state index < -0.39 is 5.97 Å². The minimum Gasteiger partial charge on any atom is -0.480 e. The smallest absolute Gasteiger partial charge is 0.325 e. The van der Waals surface area contributed by atoms with Gasteiger partial charge in [-0.3, -0.25) is 4.79 Å². The topological polar surface area (TPSA) is 118 Å². The Labute approximate surface area is 121 Å². The molecule has 2 rings (SSSR count). The summed E-state index contributed by atoms with van der Waals surface area (Å²) < 4.78 is 6.66. The van der Waals surface area contributed by atoms with Gasteiger partial charge in [0.1, 0.15) is 12.2 Å². The number of hydrogen-bond donors (Lipinski definition) is 3. The monoisotopic (exact) mass is 297 g/mol. The summed E-state index contributed by atoms with van der Waals surface area (Å²) in [4.78, 5) is 22.1. The van der Waals surface area contributed by atoms with Crippen LogP contribution in [0, 0.1) is 0 Å². The van der Waals surface area contributed by atoms with Gasteiger partial charge in [0.25, 0.3) is 0 Å². The SMILES string of the molecule is O=C(O)Cn1cc(CNC(=O)NCCC2CCCO2)nn1. The predicted molar refractivity (Wildman–Crippen MR) is 71.5 cm³/mol. The molecule has 0 aromatic carbocycles. The van der Waals surface area contributed by atoms with Gasteiger partial charge in [0, 0.05) is 13.2 Å². The molecular formula is C12H19N5O4. The van der Waals surface area contributed by atoms with E-state index in [0.717, 1.165) is 25.9 Å². The number of aromatic nitrogens is 3. The first-order valence-electron chi connectivity index (χ1n) is 6.87. The van der Waals surface area contributed by atoms with Gasteiger partial charge in [0.05, 0.1) is 18.8 Å². The Morgan fingerprint density at radius 1 is 1.48 bits per heavy atom. The fourth-order valence-electron chi connectivity index (χ4n) is 2.09. The van der Waals surface area contributed by atoms with E-state index in [-0.39, 0.29) is 25.2 Å². The lowest BCUT2D eigenvalue weighted by atomic mass is 10.2. The molecule has 1 aliphatic heterocycles. The summed E-state index contributed by atoms with van der Waals surface area (Å²) in [5.41, 5.74) is 0.505. The van der Waals surface area contributed by atoms with Crippen molar-refractivity contribution < 1.29 is 19.4 Å². The van der Waals surface area contributed by atoms with Crippen molar-refractivity contribution in [3.8, 4) is 0 Å². The Morgan fingerprint density at radius 3 is 3.05 bits per heavy atom. The summed E-state index contributed by atoms with van der Waals surface area (Å²) in [6.07, 6.45) is 4.68. The molecule has 1 aromatic rings. The van der Waals surface area contributed by atoms with E-state index in [1.165, 1.54) is 10.9 Å². The highest BCUT2D eigenvalue weighted by atomic mass is 16.5. The van der Waals surface area contributed by atoms with Crippen molar-refractivity contribution in [3.63, 3.8) is 0 Å². The number of amides is 2. The van der Waals surface area contributed by atoms with Gasteiger partial charge in [0.15, 0.2) is 0 Å². The Kier molecular flexibility index (Phi) is 5.50. The van der Waals surface area contributed by atoms with E-state index in [0.29, 0.717) is 12.2 Å². The van der Waals surface area contributed by atoms with Crippen LogP contribution >= 0.6 is 0 Å². The minimum atomic E-state index is -0.994. The lowest BCUT2D eigenvalue weighted by molar-refractivity contribution is -0.137. The largest absolute Gasteiger partial charge is 0.480 e. The second-order valence-electron chi connectivity index (χ2n) is 4.83. The molecule has 1 unspecified atom stereocenters. The van der Waals surface area contributed by atoms with Gasteiger partial charge in [-0.15, -0.1) is 5.10 Å². The van der Waals surface area contributed by atoms with Crippen LogP contribution in [-0.4, -0.2) is 51.4 Å². The van der Waals surface area contributed by atoms with Crippen molar-refractivity contribution in [3.05, 3.63) is 11.9 Å². The lowest BCUT2D eigenvalue weighted by Crippen LogP contribution is -2.36. The van der Waals surface area contributed by atoms with Gasteiger partial charge < -0.3 is 20.5 Å². The predicted octanol–water partition coefficient (Wildman–Crippen LogP) is -0.269. The highest BCUT2D eigenvalue weighted by Gasteiger charge is 2.15. The summed E-state index contributed by atoms with van der Waals surface area (Å²) in [5.74, 6) is -0.994. The van der Waals surface area contributed by atoms with Gasteiger partial charge in [-0.05, 0) is 19.3 Å². The number of rotatable bonds is 7. The number of ether oxygens (including phenoxy) is 1. The van der Waals surface area contributed by atoms with Gasteiger partial charge in [-0.25, -0.2) is 9.48 Å². The first-order valence-corrected chi connectivity index (χ1v) is 6.87. The minimum absolute atomic E-state index is 0.200. The van der Waals surface area contributed by atoms with Gasteiger partial charge in [-0.2, -0.15) is 0 Å². The molecule has 0 aliphatic carbocycles. The molecule has 9 heteroatoms. The molecule has 2 amide bonds. The molecule has 1 atom stereocenters. The standard InChI is InChI=1S/C12H19N5O4/c18-11(19)8-17-7-9(15-16-17)6-14-12(20)13-4-3-10-2-1-5-21-10/h7,10H,1-6,8H2,(H,18,19)(H2,13,14,20). The van der Waals surface area contributed by atoms with Gasteiger partial charge >= 0.3 is 12.0 Å². The summed E-state index contributed by atoms with van der Waals surface area (Å²) in [6.45, 7) is 1.32. The van der Waals surface area contributed by atoms with Crippen LogP contribution in [-0.2, 0) is 22.6 Å². The van der Waals surface area contributed by atoms with Crippen LogP contribution in [0.1, 0.15) is 25.0 Å². The Balaban J connectivity index is 1.61. The first-order chi connectivity index (χ1) is 10.1. The van der Waals surface area contributed by atoms with Crippen molar-refractivity contribution >= 4 is 12.0 Å². The Bertz CT molecular complexity index is 484. The number of carbonyl (C=O) groups excluding carboxylic acids is 1. The highest BCUT2D eigenvalue weighted by Crippen LogP contribution is 2.14. The number of hydrogen-bond acceptors (Lipinski definition) is 5. The molecule has 1 saturated heterocycles. The number of carboxylic acids is 1. The number of carboxylic acid groups (broad SMARTS) is 1. The maximum Gasteiger partial charge on any atom is 0.325 e. The van der Waals surface area contributed by atoms with Crippen LogP contribution in [0.2, 0.25) is 0 Å². The van der Waals surface area contributed by atoms with Crippen LogP contribution in [0.25, 0.3) is 0 Å². The summed E-state index contributed by atoms with van der Waals surface area (Å²) in [6, 6.07) is -0.291. The van der Waals surface area contributed by atoms with Crippen molar-refractivity contribution in [2.75, 3.05) is 13.2 Å². The molecule has 0 radical (unpaired) electrons. The fourth-order valence-corrected chi connectivity index (χ4v) is 2.09. The third-order valence-electron chi connectivity index (χ3n) is 3.09. The normalized spacial score (nSPS) is 17.6. The number of aliphatic carboxylic acids is 1. The molecule has 9 nitrogen and oxygen atoms in total. The molecule has 1 aliphatic rings. The number of nitrogens with zero attached hydrogens (tertiary/aromatic N) is 3. The molecular weight excluding hydrogens is 278 g/mol. The molecule has 0 bridgehead atoms. The Morgan fingerprint density at radius 2 is 2.33 bits per heavy atom. The number of carbonyl (C=O) groups is 2. The highest BCUT2D eigenvalue weighted by molar-refractivity contribution is 5.73. The zero-order valence-electron chi connectivity index (χ0n) is 11.6. The van der Waals surface area contributed by atoms with Crippen LogP contribution in [0.5, 0.6) is 0 Å². The summed E-state index contributed by atoms with van der Waals surface area (Å²) >= 11 is 0. The molecule has 1 aromatic heterocycles. The zero-order valence-corrected chi connectivity index (χ0v) is 11.6. The average Bonchev–Trinajstić information content (AvgIpc) is 3.07. The fraction of sp³-hybridized carbons (Fsp3) is 0.667. The van der Waals surface area contributed by atoms with Crippen LogP contribution in [0.3, 0.4) is 0 Å². The van der Waals surface area contributed by atoms with Gasteiger partial charge in [-0.1, -0.05) is 5.21 Å². The lowest BCUT2D eigenvalue weighted by Gasteiger charge is -2.10. The van der Waals surface area contributed by atoms with E-state index in [4.69, 9.17) is 9.84 Å². The maximum atomic E-state index is 11.6. The number of urea groups is 1. The molecule has 2 heterocycles. The van der Waals surface area contributed by atoms with E-state index in [9.17, 15) is 9.59 Å². The summed E-state index contributed by atoms with van der Waals surface area (Å²) in [5, 5.41) is 21.4. The average molecular weight is 297 g/mol. The van der Waals surface area contributed by atoms with E-state index in [2.05, 4.69) is 20.9 Å². The van der Waals surface area contributed by atoms with E-state index >= 15 is 0 Å².